The van der Waals surface area contributed by atoms with Crippen LogP contribution in [0.4, 0.5) is 16.2 Å². The molecule has 0 fully saturated rings. The van der Waals surface area contributed by atoms with Crippen LogP contribution < -0.4 is 25.8 Å². The summed E-state index contributed by atoms with van der Waals surface area (Å²) in [6.45, 7) is 6.48. The van der Waals surface area contributed by atoms with Gasteiger partial charge in [0.25, 0.3) is 0 Å². The highest BCUT2D eigenvalue weighted by Gasteiger charge is 2.12. The second-order valence-electron chi connectivity index (χ2n) is 5.88. The monoisotopic (exact) mass is 357 g/mol. The molecule has 0 saturated heterocycles. The van der Waals surface area contributed by atoms with E-state index in [1.165, 1.54) is 0 Å². The predicted octanol–water partition coefficient (Wildman–Crippen LogP) is 4.77. The van der Waals surface area contributed by atoms with E-state index in [9.17, 15) is 4.79 Å². The van der Waals surface area contributed by atoms with E-state index >= 15 is 0 Å². The topological polar surface area (TPSA) is 85.6 Å². The highest BCUT2D eigenvalue weighted by molar-refractivity contribution is 5.89. The van der Waals surface area contributed by atoms with Gasteiger partial charge in [-0.15, -0.1) is 0 Å². The summed E-state index contributed by atoms with van der Waals surface area (Å²) in [4.78, 5) is 12.1. The molecular weight excluding hydrogens is 330 g/mol. The molecule has 0 atom stereocenters. The standard InChI is InChI=1S/C20H27N3O3/c1-4-15(5-2)22-20(24)23-16-9-12-18(19(13-16)25-6-3)26-17-10-7-14(21)8-11-17/h7-13,15H,4-6,21H2,1-3H3,(H2,22,23,24). The Morgan fingerprint density at radius 3 is 2.35 bits per heavy atom. The summed E-state index contributed by atoms with van der Waals surface area (Å²) in [5, 5.41) is 5.78. The molecule has 0 aliphatic heterocycles. The van der Waals surface area contributed by atoms with Gasteiger partial charge in [-0.2, -0.15) is 0 Å². The van der Waals surface area contributed by atoms with Crippen LogP contribution in [0.3, 0.4) is 0 Å². The number of hydrogen-bond donors (Lipinski definition) is 3. The molecule has 4 N–H and O–H groups in total. The van der Waals surface area contributed by atoms with E-state index in [0.29, 0.717) is 35.2 Å². The average Bonchev–Trinajstić information content (AvgIpc) is 2.64. The van der Waals surface area contributed by atoms with Gasteiger partial charge in [-0.25, -0.2) is 4.79 Å². The maximum absolute atomic E-state index is 12.1. The number of carbonyl (C=O) groups is 1. The minimum atomic E-state index is -0.228. The van der Waals surface area contributed by atoms with E-state index < -0.39 is 0 Å². The number of nitrogens with one attached hydrogen (secondary N) is 2. The molecule has 0 aliphatic carbocycles. The smallest absolute Gasteiger partial charge is 0.319 e. The summed E-state index contributed by atoms with van der Waals surface area (Å²) < 4.78 is 11.5. The number of benzene rings is 2. The first-order valence-corrected chi connectivity index (χ1v) is 8.93. The molecule has 0 radical (unpaired) electrons. The zero-order valence-corrected chi connectivity index (χ0v) is 15.5. The third-order valence-corrected chi connectivity index (χ3v) is 3.93. The molecule has 0 heterocycles. The van der Waals surface area contributed by atoms with Crippen molar-refractivity contribution >= 4 is 17.4 Å². The molecule has 6 nitrogen and oxygen atoms in total. The number of nitrogens with two attached hydrogens (primary N) is 1. The lowest BCUT2D eigenvalue weighted by Crippen LogP contribution is -2.37. The summed E-state index contributed by atoms with van der Waals surface area (Å²) in [6.07, 6.45) is 1.78. The summed E-state index contributed by atoms with van der Waals surface area (Å²) in [6, 6.07) is 12.4. The lowest BCUT2D eigenvalue weighted by atomic mass is 10.2. The number of nitrogen functional groups attached to an aromatic ring is 1. The van der Waals surface area contributed by atoms with Crippen molar-refractivity contribution in [3.05, 3.63) is 42.5 Å². The first kappa shape index (κ1) is 19.4. The largest absolute Gasteiger partial charge is 0.490 e. The minimum absolute atomic E-state index is 0.162. The van der Waals surface area contributed by atoms with Gasteiger partial charge in [0.05, 0.1) is 6.61 Å². The van der Waals surface area contributed by atoms with E-state index in [0.717, 1.165) is 12.8 Å². The van der Waals surface area contributed by atoms with Gasteiger partial charge in [0, 0.05) is 23.5 Å². The zero-order valence-electron chi connectivity index (χ0n) is 15.5. The molecule has 0 bridgehead atoms. The summed E-state index contributed by atoms with van der Waals surface area (Å²) >= 11 is 0. The highest BCUT2D eigenvalue weighted by Crippen LogP contribution is 2.34. The summed E-state index contributed by atoms with van der Waals surface area (Å²) in [5.41, 5.74) is 7.00. The fourth-order valence-corrected chi connectivity index (χ4v) is 2.45. The number of carbonyl (C=O) groups excluding carboxylic acids is 1. The van der Waals surface area contributed by atoms with Crippen LogP contribution >= 0.6 is 0 Å². The molecule has 2 amide bonds. The maximum atomic E-state index is 12.1. The van der Waals surface area contributed by atoms with Crippen LogP contribution in [0.2, 0.25) is 0 Å². The SMILES string of the molecule is CCOc1cc(NC(=O)NC(CC)CC)ccc1Oc1ccc(N)cc1. The van der Waals surface area contributed by atoms with Crippen LogP contribution in [-0.4, -0.2) is 18.7 Å². The van der Waals surface area contributed by atoms with Crippen LogP contribution in [0.1, 0.15) is 33.6 Å². The Labute approximate surface area is 154 Å². The first-order valence-electron chi connectivity index (χ1n) is 8.93. The molecule has 26 heavy (non-hydrogen) atoms. The van der Waals surface area contributed by atoms with Crippen molar-refractivity contribution in [2.45, 2.75) is 39.7 Å². The number of rotatable bonds is 8. The number of anilines is 2. The van der Waals surface area contributed by atoms with Crippen molar-refractivity contribution in [3.8, 4) is 17.2 Å². The molecule has 0 unspecified atom stereocenters. The maximum Gasteiger partial charge on any atom is 0.319 e. The molecule has 0 saturated carbocycles. The minimum Gasteiger partial charge on any atom is -0.490 e. The molecule has 2 aromatic carbocycles. The van der Waals surface area contributed by atoms with Crippen molar-refractivity contribution in [2.24, 2.45) is 0 Å². The number of amides is 2. The van der Waals surface area contributed by atoms with Crippen molar-refractivity contribution < 1.29 is 14.3 Å². The highest BCUT2D eigenvalue weighted by atomic mass is 16.5. The Morgan fingerprint density at radius 2 is 1.73 bits per heavy atom. The van der Waals surface area contributed by atoms with Crippen molar-refractivity contribution in [1.29, 1.82) is 0 Å². The normalized spacial score (nSPS) is 10.5. The fraction of sp³-hybridized carbons (Fsp3) is 0.350. The molecule has 0 spiro atoms. The molecule has 0 aliphatic rings. The van der Waals surface area contributed by atoms with E-state index in [4.69, 9.17) is 15.2 Å². The van der Waals surface area contributed by atoms with Crippen molar-refractivity contribution in [1.82, 2.24) is 5.32 Å². The lowest BCUT2D eigenvalue weighted by Gasteiger charge is -2.17. The predicted molar refractivity (Wildman–Crippen MR) is 105 cm³/mol. The van der Waals surface area contributed by atoms with Crippen LogP contribution in [0.25, 0.3) is 0 Å². The third-order valence-electron chi connectivity index (χ3n) is 3.93. The number of hydrogen-bond acceptors (Lipinski definition) is 4. The van der Waals surface area contributed by atoms with Gasteiger partial charge in [0.2, 0.25) is 0 Å². The van der Waals surface area contributed by atoms with Gasteiger partial charge in [0.15, 0.2) is 11.5 Å². The van der Waals surface area contributed by atoms with Gasteiger partial charge < -0.3 is 25.8 Å². The zero-order chi connectivity index (χ0) is 18.9. The van der Waals surface area contributed by atoms with E-state index in [1.54, 1.807) is 42.5 Å². The number of urea groups is 1. The first-order chi connectivity index (χ1) is 12.5. The number of ether oxygens (including phenoxy) is 2. The Balaban J connectivity index is 2.11. The Hall–Kier alpha value is -2.89. The average molecular weight is 357 g/mol. The van der Waals surface area contributed by atoms with Gasteiger partial charge in [-0.3, -0.25) is 0 Å². The molecule has 6 heteroatoms. The molecule has 2 rings (SSSR count). The van der Waals surface area contributed by atoms with Crippen LogP contribution in [-0.2, 0) is 0 Å². The second-order valence-corrected chi connectivity index (χ2v) is 5.88. The van der Waals surface area contributed by atoms with E-state index in [-0.39, 0.29) is 12.1 Å². The van der Waals surface area contributed by atoms with Gasteiger partial charge >= 0.3 is 6.03 Å². The quantitative estimate of drug-likeness (QED) is 0.594. The Kier molecular flexibility index (Phi) is 7.14. The molecule has 140 valence electrons. The van der Waals surface area contributed by atoms with Gasteiger partial charge in [-0.1, -0.05) is 13.8 Å². The van der Waals surface area contributed by atoms with Crippen LogP contribution in [0, 0.1) is 0 Å². The Morgan fingerprint density at radius 1 is 1.04 bits per heavy atom. The fourth-order valence-electron chi connectivity index (χ4n) is 2.45. The second kappa shape index (κ2) is 9.56. The van der Waals surface area contributed by atoms with Crippen molar-refractivity contribution in [2.75, 3.05) is 17.7 Å². The summed E-state index contributed by atoms with van der Waals surface area (Å²) in [7, 11) is 0. The molecular formula is C20H27N3O3. The summed E-state index contributed by atoms with van der Waals surface area (Å²) in [5.74, 6) is 1.79. The van der Waals surface area contributed by atoms with Crippen molar-refractivity contribution in [3.63, 3.8) is 0 Å². The third kappa shape index (κ3) is 5.58. The Bertz CT molecular complexity index is 713. The van der Waals surface area contributed by atoms with E-state index in [2.05, 4.69) is 10.6 Å². The van der Waals surface area contributed by atoms with Crippen LogP contribution in [0.15, 0.2) is 42.5 Å². The van der Waals surface area contributed by atoms with Gasteiger partial charge in [-0.05, 0) is 56.2 Å². The van der Waals surface area contributed by atoms with Crippen LogP contribution in [0.5, 0.6) is 17.2 Å². The molecule has 0 aromatic heterocycles. The van der Waals surface area contributed by atoms with Gasteiger partial charge in [0.1, 0.15) is 5.75 Å². The van der Waals surface area contributed by atoms with E-state index in [1.807, 2.05) is 20.8 Å². The molecule has 2 aromatic rings. The lowest BCUT2D eigenvalue weighted by molar-refractivity contribution is 0.247.